The van der Waals surface area contributed by atoms with Crippen LogP contribution in [0.2, 0.25) is 0 Å². The lowest BCUT2D eigenvalue weighted by atomic mass is 10.1. The first-order chi connectivity index (χ1) is 11.6. The van der Waals surface area contributed by atoms with Gasteiger partial charge in [-0.2, -0.15) is 0 Å². The van der Waals surface area contributed by atoms with Crippen LogP contribution in [0.3, 0.4) is 0 Å². The van der Waals surface area contributed by atoms with E-state index >= 15 is 0 Å². The van der Waals surface area contributed by atoms with E-state index in [1.807, 2.05) is 6.07 Å². The molecule has 0 spiro atoms. The Bertz CT molecular complexity index is 886. The molecule has 0 saturated carbocycles. The molecule has 0 saturated heterocycles. The lowest BCUT2D eigenvalue weighted by Gasteiger charge is -2.07. The SMILES string of the molecule is Cc1nc(-c2ccccn2)[nH]c(=O)c1CC(=O)NCc1ccoc1. The molecule has 0 aromatic carbocycles. The number of hydrogen-bond donors (Lipinski definition) is 2. The Labute approximate surface area is 137 Å². The average Bonchev–Trinajstić information content (AvgIpc) is 3.10. The van der Waals surface area contributed by atoms with Crippen LogP contribution in [0.15, 0.2) is 52.2 Å². The van der Waals surface area contributed by atoms with Crippen molar-refractivity contribution < 1.29 is 9.21 Å². The number of aromatic nitrogens is 3. The van der Waals surface area contributed by atoms with Gasteiger partial charge in [-0.3, -0.25) is 14.6 Å². The summed E-state index contributed by atoms with van der Waals surface area (Å²) in [6.07, 6.45) is 4.69. The molecule has 0 atom stereocenters. The highest BCUT2D eigenvalue weighted by Gasteiger charge is 2.13. The highest BCUT2D eigenvalue weighted by atomic mass is 16.3. The van der Waals surface area contributed by atoms with E-state index in [1.165, 1.54) is 6.26 Å². The molecule has 3 heterocycles. The topological polar surface area (TPSA) is 101 Å². The van der Waals surface area contributed by atoms with Crippen LogP contribution in [0, 0.1) is 6.92 Å². The number of nitrogens with one attached hydrogen (secondary N) is 2. The highest BCUT2D eigenvalue weighted by molar-refractivity contribution is 5.78. The predicted octanol–water partition coefficient (Wildman–Crippen LogP) is 1.59. The second kappa shape index (κ2) is 6.91. The first-order valence-corrected chi connectivity index (χ1v) is 7.42. The van der Waals surface area contributed by atoms with Gasteiger partial charge in [-0.15, -0.1) is 0 Å². The number of carbonyl (C=O) groups is 1. The summed E-state index contributed by atoms with van der Waals surface area (Å²) in [5, 5.41) is 2.74. The number of nitrogens with zero attached hydrogens (tertiary/aromatic N) is 2. The zero-order valence-electron chi connectivity index (χ0n) is 13.1. The van der Waals surface area contributed by atoms with E-state index < -0.39 is 0 Å². The number of furan rings is 1. The second-order valence-electron chi connectivity index (χ2n) is 5.28. The monoisotopic (exact) mass is 324 g/mol. The molecule has 1 amide bonds. The van der Waals surface area contributed by atoms with Gasteiger partial charge in [0.25, 0.3) is 5.56 Å². The summed E-state index contributed by atoms with van der Waals surface area (Å²) in [6.45, 7) is 2.06. The van der Waals surface area contributed by atoms with Gasteiger partial charge in [-0.05, 0) is 25.1 Å². The number of carbonyl (C=O) groups excluding carboxylic acids is 1. The number of pyridine rings is 1. The second-order valence-corrected chi connectivity index (χ2v) is 5.28. The summed E-state index contributed by atoms with van der Waals surface area (Å²) in [5.41, 5.74) is 1.96. The van der Waals surface area contributed by atoms with E-state index in [0.29, 0.717) is 29.3 Å². The smallest absolute Gasteiger partial charge is 0.255 e. The van der Waals surface area contributed by atoms with Gasteiger partial charge in [0.1, 0.15) is 5.69 Å². The van der Waals surface area contributed by atoms with E-state index in [1.54, 1.807) is 37.6 Å². The quantitative estimate of drug-likeness (QED) is 0.742. The lowest BCUT2D eigenvalue weighted by molar-refractivity contribution is -0.120. The number of rotatable bonds is 5. The highest BCUT2D eigenvalue weighted by Crippen LogP contribution is 2.11. The molecule has 0 radical (unpaired) electrons. The van der Waals surface area contributed by atoms with Crippen molar-refractivity contribution in [1.82, 2.24) is 20.3 Å². The molecule has 3 rings (SSSR count). The van der Waals surface area contributed by atoms with Gasteiger partial charge in [-0.1, -0.05) is 6.07 Å². The van der Waals surface area contributed by atoms with Crippen molar-refractivity contribution in [3.05, 3.63) is 70.2 Å². The predicted molar refractivity (Wildman–Crippen MR) is 87.1 cm³/mol. The summed E-state index contributed by atoms with van der Waals surface area (Å²) in [5.74, 6) is 0.137. The van der Waals surface area contributed by atoms with Gasteiger partial charge in [0.2, 0.25) is 5.91 Å². The van der Waals surface area contributed by atoms with Gasteiger partial charge < -0.3 is 14.7 Å². The number of aryl methyl sites for hydroxylation is 1. The largest absolute Gasteiger partial charge is 0.472 e. The van der Waals surface area contributed by atoms with Crippen LogP contribution in [-0.4, -0.2) is 20.9 Å². The maximum absolute atomic E-state index is 12.3. The fourth-order valence-corrected chi connectivity index (χ4v) is 2.26. The molecule has 7 heteroatoms. The zero-order chi connectivity index (χ0) is 16.9. The Morgan fingerprint density at radius 3 is 2.88 bits per heavy atom. The van der Waals surface area contributed by atoms with Gasteiger partial charge in [-0.25, -0.2) is 4.98 Å². The van der Waals surface area contributed by atoms with Gasteiger partial charge in [0.15, 0.2) is 5.82 Å². The molecule has 3 aromatic rings. The first-order valence-electron chi connectivity index (χ1n) is 7.42. The summed E-state index contributed by atoms with van der Waals surface area (Å²) >= 11 is 0. The minimum Gasteiger partial charge on any atom is -0.472 e. The molecule has 3 aromatic heterocycles. The minimum atomic E-state index is -0.332. The van der Waals surface area contributed by atoms with Gasteiger partial charge >= 0.3 is 0 Å². The normalized spacial score (nSPS) is 10.5. The molecule has 2 N–H and O–H groups in total. The number of hydrogen-bond acceptors (Lipinski definition) is 5. The van der Waals surface area contributed by atoms with Crippen molar-refractivity contribution in [2.45, 2.75) is 19.9 Å². The third kappa shape index (κ3) is 3.57. The molecule has 0 aliphatic heterocycles. The molecular weight excluding hydrogens is 308 g/mol. The van der Waals surface area contributed by atoms with E-state index in [9.17, 15) is 9.59 Å². The molecule has 24 heavy (non-hydrogen) atoms. The standard InChI is InChI=1S/C17H16N4O3/c1-11-13(8-15(22)19-9-12-5-7-24-10-12)17(23)21-16(20-11)14-4-2-3-6-18-14/h2-7,10H,8-9H2,1H3,(H,19,22)(H,20,21,23). The van der Waals surface area contributed by atoms with Crippen LogP contribution in [0.1, 0.15) is 16.8 Å². The maximum atomic E-state index is 12.3. The van der Waals surface area contributed by atoms with Crippen LogP contribution in [0.4, 0.5) is 0 Å². The molecule has 0 fully saturated rings. The third-order valence-corrected chi connectivity index (χ3v) is 3.54. The zero-order valence-corrected chi connectivity index (χ0v) is 13.1. The van der Waals surface area contributed by atoms with E-state index in [2.05, 4.69) is 20.3 Å². The molecule has 0 aliphatic rings. The number of aromatic amines is 1. The van der Waals surface area contributed by atoms with E-state index in [-0.39, 0.29) is 17.9 Å². The average molecular weight is 324 g/mol. The maximum Gasteiger partial charge on any atom is 0.255 e. The Hall–Kier alpha value is -3.22. The third-order valence-electron chi connectivity index (χ3n) is 3.54. The van der Waals surface area contributed by atoms with Crippen LogP contribution in [0.5, 0.6) is 0 Å². The van der Waals surface area contributed by atoms with Crippen molar-refractivity contribution in [3.8, 4) is 11.5 Å². The van der Waals surface area contributed by atoms with Crippen molar-refractivity contribution in [1.29, 1.82) is 0 Å². The summed E-state index contributed by atoms with van der Waals surface area (Å²) < 4.78 is 4.94. The van der Waals surface area contributed by atoms with Crippen LogP contribution < -0.4 is 10.9 Å². The Balaban J connectivity index is 1.74. The summed E-state index contributed by atoms with van der Waals surface area (Å²) in [4.78, 5) is 35.5. The number of amides is 1. The fraction of sp³-hybridized carbons (Fsp3) is 0.176. The van der Waals surface area contributed by atoms with Crippen LogP contribution >= 0.6 is 0 Å². The molecule has 0 aliphatic carbocycles. The summed E-state index contributed by atoms with van der Waals surface area (Å²) in [6, 6.07) is 7.12. The molecule has 122 valence electrons. The van der Waals surface area contributed by atoms with Crippen molar-refractivity contribution in [3.63, 3.8) is 0 Å². The van der Waals surface area contributed by atoms with Crippen LogP contribution in [0.25, 0.3) is 11.5 Å². The van der Waals surface area contributed by atoms with E-state index in [0.717, 1.165) is 5.56 Å². The fourth-order valence-electron chi connectivity index (χ4n) is 2.26. The molecule has 0 unspecified atom stereocenters. The van der Waals surface area contributed by atoms with Crippen LogP contribution in [-0.2, 0) is 17.8 Å². The summed E-state index contributed by atoms with van der Waals surface area (Å²) in [7, 11) is 0. The molecule has 0 bridgehead atoms. The van der Waals surface area contributed by atoms with Crippen molar-refractivity contribution in [2.24, 2.45) is 0 Å². The van der Waals surface area contributed by atoms with Gasteiger partial charge in [0, 0.05) is 29.6 Å². The van der Waals surface area contributed by atoms with Crippen molar-refractivity contribution >= 4 is 5.91 Å². The molecule has 7 nitrogen and oxygen atoms in total. The Kier molecular flexibility index (Phi) is 4.51. The first kappa shape index (κ1) is 15.7. The van der Waals surface area contributed by atoms with Gasteiger partial charge in [0.05, 0.1) is 18.9 Å². The Morgan fingerprint density at radius 1 is 1.33 bits per heavy atom. The number of H-pyrrole nitrogens is 1. The lowest BCUT2D eigenvalue weighted by Crippen LogP contribution is -2.28. The minimum absolute atomic E-state index is 0.0332. The molecular formula is C17H16N4O3. The van der Waals surface area contributed by atoms with E-state index in [4.69, 9.17) is 4.42 Å². The Morgan fingerprint density at radius 2 is 2.21 bits per heavy atom. The van der Waals surface area contributed by atoms with Crippen molar-refractivity contribution in [2.75, 3.05) is 0 Å².